The van der Waals surface area contributed by atoms with Gasteiger partial charge in [-0.2, -0.15) is 0 Å². The molecule has 25 heavy (non-hydrogen) atoms. The molecule has 1 aliphatic rings. The van der Waals surface area contributed by atoms with Gasteiger partial charge >= 0.3 is 5.97 Å². The molecule has 3 aromatic carbocycles. The minimum Gasteiger partial charge on any atom is -0.468 e. The molecule has 0 radical (unpaired) electrons. The zero-order valence-corrected chi connectivity index (χ0v) is 14.2. The van der Waals surface area contributed by atoms with E-state index in [-0.39, 0.29) is 5.97 Å². The molecule has 0 unspecified atom stereocenters. The van der Waals surface area contributed by atoms with Crippen LogP contribution < -0.4 is 0 Å². The molecular formula is C23H20O2. The van der Waals surface area contributed by atoms with Crippen molar-refractivity contribution in [1.29, 1.82) is 0 Å². The third-order valence-electron chi connectivity index (χ3n) is 5.47. The third kappa shape index (κ3) is 2.14. The van der Waals surface area contributed by atoms with E-state index in [1.807, 2.05) is 66.7 Å². The summed E-state index contributed by atoms with van der Waals surface area (Å²) >= 11 is 0. The van der Waals surface area contributed by atoms with Gasteiger partial charge in [0.2, 0.25) is 0 Å². The van der Waals surface area contributed by atoms with Gasteiger partial charge < -0.3 is 4.74 Å². The van der Waals surface area contributed by atoms with Crippen molar-refractivity contribution >= 4 is 5.97 Å². The highest BCUT2D eigenvalue weighted by atomic mass is 16.5. The van der Waals surface area contributed by atoms with Crippen molar-refractivity contribution in [3.8, 4) is 0 Å². The highest BCUT2D eigenvalue weighted by molar-refractivity contribution is 5.93. The van der Waals surface area contributed by atoms with Gasteiger partial charge in [0.15, 0.2) is 0 Å². The van der Waals surface area contributed by atoms with Crippen molar-refractivity contribution < 1.29 is 9.53 Å². The van der Waals surface area contributed by atoms with Gasteiger partial charge in [0, 0.05) is 5.41 Å². The predicted octanol–water partition coefficient (Wildman–Crippen LogP) is 4.49. The van der Waals surface area contributed by atoms with Crippen LogP contribution in [0.25, 0.3) is 0 Å². The van der Waals surface area contributed by atoms with E-state index in [1.54, 1.807) is 0 Å². The van der Waals surface area contributed by atoms with Gasteiger partial charge in [0.1, 0.15) is 5.41 Å². The monoisotopic (exact) mass is 328 g/mol. The normalized spacial score (nSPS) is 20.7. The summed E-state index contributed by atoms with van der Waals surface area (Å²) in [6.45, 7) is 0. The molecule has 0 aliphatic heterocycles. The molecule has 0 heterocycles. The standard InChI is InChI=1S/C23H20O2/c1-25-21(24)23(20-15-9-4-10-16-20)17-22(23,18-11-5-2-6-12-18)19-13-7-3-8-14-19/h2-16H,17H2,1H3/t23-/m1/s1. The Bertz CT molecular complexity index is 832. The molecule has 0 amide bonds. The van der Waals surface area contributed by atoms with Gasteiger partial charge in [-0.15, -0.1) is 0 Å². The molecular weight excluding hydrogens is 308 g/mol. The molecule has 0 aromatic heterocycles. The molecule has 4 rings (SSSR count). The highest BCUT2D eigenvalue weighted by Gasteiger charge is 2.74. The second kappa shape index (κ2) is 5.89. The van der Waals surface area contributed by atoms with E-state index in [9.17, 15) is 4.79 Å². The van der Waals surface area contributed by atoms with Crippen LogP contribution >= 0.6 is 0 Å². The maximum absolute atomic E-state index is 13.0. The van der Waals surface area contributed by atoms with Crippen molar-refractivity contribution in [3.63, 3.8) is 0 Å². The van der Waals surface area contributed by atoms with Crippen LogP contribution in [0, 0.1) is 0 Å². The minimum absolute atomic E-state index is 0.175. The Morgan fingerprint density at radius 3 is 1.52 bits per heavy atom. The fourth-order valence-electron chi connectivity index (χ4n) is 4.27. The zero-order valence-electron chi connectivity index (χ0n) is 14.2. The zero-order chi connectivity index (χ0) is 17.3. The fraction of sp³-hybridized carbons (Fsp3) is 0.174. The number of hydrogen-bond donors (Lipinski definition) is 0. The Morgan fingerprint density at radius 2 is 1.12 bits per heavy atom. The lowest BCUT2D eigenvalue weighted by Gasteiger charge is -2.26. The lowest BCUT2D eigenvalue weighted by molar-refractivity contribution is -0.144. The molecule has 0 saturated heterocycles. The number of carbonyl (C=O) groups excluding carboxylic acids is 1. The van der Waals surface area contributed by atoms with Crippen LogP contribution in [0.4, 0.5) is 0 Å². The topological polar surface area (TPSA) is 26.3 Å². The van der Waals surface area contributed by atoms with Gasteiger partial charge in [0.05, 0.1) is 7.11 Å². The van der Waals surface area contributed by atoms with Crippen LogP contribution in [0.1, 0.15) is 23.1 Å². The molecule has 1 atom stereocenters. The van der Waals surface area contributed by atoms with E-state index in [2.05, 4.69) is 24.3 Å². The minimum atomic E-state index is -0.689. The summed E-state index contributed by atoms with van der Waals surface area (Å²) in [6.07, 6.45) is 0.713. The second-order valence-electron chi connectivity index (χ2n) is 6.58. The Kier molecular flexibility index (Phi) is 3.69. The first-order valence-electron chi connectivity index (χ1n) is 8.51. The largest absolute Gasteiger partial charge is 0.468 e. The molecule has 0 bridgehead atoms. The fourth-order valence-corrected chi connectivity index (χ4v) is 4.27. The number of ether oxygens (including phenoxy) is 1. The molecule has 0 spiro atoms. The van der Waals surface area contributed by atoms with E-state index >= 15 is 0 Å². The van der Waals surface area contributed by atoms with Crippen LogP contribution in [0.5, 0.6) is 0 Å². The summed E-state index contributed by atoms with van der Waals surface area (Å²) < 4.78 is 5.29. The number of carbonyl (C=O) groups is 1. The van der Waals surface area contributed by atoms with Crippen molar-refractivity contribution in [2.45, 2.75) is 17.3 Å². The van der Waals surface area contributed by atoms with E-state index in [0.717, 1.165) is 16.7 Å². The van der Waals surface area contributed by atoms with Crippen LogP contribution in [0.15, 0.2) is 91.0 Å². The number of hydrogen-bond acceptors (Lipinski definition) is 2. The summed E-state index contributed by atoms with van der Waals surface area (Å²) in [5.41, 5.74) is 2.22. The van der Waals surface area contributed by atoms with Gasteiger partial charge in [0.25, 0.3) is 0 Å². The van der Waals surface area contributed by atoms with Gasteiger partial charge in [-0.3, -0.25) is 4.79 Å². The average molecular weight is 328 g/mol. The summed E-state index contributed by atoms with van der Waals surface area (Å²) in [7, 11) is 1.48. The van der Waals surface area contributed by atoms with Crippen LogP contribution in [-0.4, -0.2) is 13.1 Å². The smallest absolute Gasteiger partial charge is 0.317 e. The maximum Gasteiger partial charge on any atom is 0.317 e. The van der Waals surface area contributed by atoms with Crippen LogP contribution in [-0.2, 0) is 20.4 Å². The molecule has 2 nitrogen and oxygen atoms in total. The van der Waals surface area contributed by atoms with Gasteiger partial charge in [-0.05, 0) is 23.1 Å². The molecule has 2 heteroatoms. The molecule has 1 aliphatic carbocycles. The van der Waals surface area contributed by atoms with Crippen LogP contribution in [0.2, 0.25) is 0 Å². The molecule has 124 valence electrons. The molecule has 1 saturated carbocycles. The molecule has 1 fully saturated rings. The van der Waals surface area contributed by atoms with Gasteiger partial charge in [-0.1, -0.05) is 91.0 Å². The first kappa shape index (κ1) is 15.6. The number of methoxy groups -OCH3 is 1. The van der Waals surface area contributed by atoms with Crippen LogP contribution in [0.3, 0.4) is 0 Å². The average Bonchev–Trinajstić information content (AvgIpc) is 3.42. The van der Waals surface area contributed by atoms with Crippen molar-refractivity contribution in [3.05, 3.63) is 108 Å². The quantitative estimate of drug-likeness (QED) is 0.660. The number of esters is 1. The predicted molar refractivity (Wildman–Crippen MR) is 98.4 cm³/mol. The number of benzene rings is 3. The number of rotatable bonds is 4. The van der Waals surface area contributed by atoms with Crippen molar-refractivity contribution in [2.75, 3.05) is 7.11 Å². The first-order valence-corrected chi connectivity index (χ1v) is 8.51. The summed E-state index contributed by atoms with van der Waals surface area (Å²) in [6, 6.07) is 30.6. The maximum atomic E-state index is 13.0. The SMILES string of the molecule is COC(=O)[C@]1(c2ccccc2)CC1(c1ccccc1)c1ccccc1. The van der Waals surface area contributed by atoms with E-state index in [0.29, 0.717) is 6.42 Å². The Hall–Kier alpha value is -2.87. The summed E-state index contributed by atoms with van der Waals surface area (Å²) in [4.78, 5) is 13.0. The second-order valence-corrected chi connectivity index (χ2v) is 6.58. The van der Waals surface area contributed by atoms with E-state index in [4.69, 9.17) is 4.74 Å². The lowest BCUT2D eigenvalue weighted by atomic mass is 9.77. The molecule has 3 aromatic rings. The summed E-state index contributed by atoms with van der Waals surface area (Å²) in [5.74, 6) is -0.175. The van der Waals surface area contributed by atoms with E-state index < -0.39 is 10.8 Å². The highest BCUT2D eigenvalue weighted by Crippen LogP contribution is 2.69. The Balaban J connectivity index is 1.99. The van der Waals surface area contributed by atoms with Crippen molar-refractivity contribution in [2.24, 2.45) is 0 Å². The van der Waals surface area contributed by atoms with Gasteiger partial charge in [-0.25, -0.2) is 0 Å². The first-order chi connectivity index (χ1) is 12.3. The van der Waals surface area contributed by atoms with Crippen molar-refractivity contribution in [1.82, 2.24) is 0 Å². The third-order valence-corrected chi connectivity index (χ3v) is 5.47. The lowest BCUT2D eigenvalue weighted by Crippen LogP contribution is -2.32. The summed E-state index contributed by atoms with van der Waals surface area (Å²) in [5, 5.41) is 0. The van der Waals surface area contributed by atoms with E-state index in [1.165, 1.54) is 7.11 Å². The molecule has 0 N–H and O–H groups in total. The Morgan fingerprint density at radius 1 is 0.720 bits per heavy atom. The Labute approximate surface area is 148 Å².